The summed E-state index contributed by atoms with van der Waals surface area (Å²) in [5.74, 6) is 1.45. The van der Waals surface area contributed by atoms with E-state index in [-0.39, 0.29) is 0 Å². The number of halogens is 1. The smallest absolute Gasteiger partial charge is 0.225 e. The minimum Gasteiger partial charge on any atom is -0.365 e. The number of rotatable bonds is 6. The summed E-state index contributed by atoms with van der Waals surface area (Å²) in [7, 11) is 0. The number of hydrogen-bond donors (Lipinski definition) is 2. The molecule has 0 unspecified atom stereocenters. The molecule has 27 heavy (non-hydrogen) atoms. The van der Waals surface area contributed by atoms with Gasteiger partial charge < -0.3 is 10.6 Å². The van der Waals surface area contributed by atoms with Crippen LogP contribution in [-0.2, 0) is 13.1 Å². The molecule has 0 radical (unpaired) electrons. The Morgan fingerprint density at radius 1 is 0.704 bits per heavy atom. The Bertz CT molecular complexity index is 1050. The van der Waals surface area contributed by atoms with Crippen molar-refractivity contribution in [1.82, 2.24) is 9.97 Å². The summed E-state index contributed by atoms with van der Waals surface area (Å²) in [6.07, 6.45) is 0. The first-order valence-electron chi connectivity index (χ1n) is 8.81. The largest absolute Gasteiger partial charge is 0.365 e. The van der Waals surface area contributed by atoms with Gasteiger partial charge >= 0.3 is 0 Å². The van der Waals surface area contributed by atoms with Crippen LogP contribution in [0.2, 0.25) is 0 Å². The summed E-state index contributed by atoms with van der Waals surface area (Å²) in [4.78, 5) is 9.36. The number of aromatic nitrogens is 2. The highest BCUT2D eigenvalue weighted by Crippen LogP contribution is 2.23. The monoisotopic (exact) mass is 418 g/mol. The molecule has 0 spiro atoms. The first kappa shape index (κ1) is 17.5. The Kier molecular flexibility index (Phi) is 5.30. The predicted molar refractivity (Wildman–Crippen MR) is 115 cm³/mol. The number of nitrogens with zero attached hydrogens (tertiary/aromatic N) is 2. The fourth-order valence-corrected chi connectivity index (χ4v) is 3.35. The van der Waals surface area contributed by atoms with Crippen LogP contribution in [0, 0.1) is 0 Å². The SMILES string of the molecule is Brc1cccc(CNc2nc(NCc3ccccc3)c3ccccc3n2)c1. The van der Waals surface area contributed by atoms with Crippen molar-refractivity contribution in [2.24, 2.45) is 0 Å². The molecule has 0 saturated carbocycles. The van der Waals surface area contributed by atoms with Crippen molar-refractivity contribution in [3.05, 3.63) is 94.5 Å². The van der Waals surface area contributed by atoms with Crippen LogP contribution in [0.5, 0.6) is 0 Å². The number of anilines is 2. The van der Waals surface area contributed by atoms with Gasteiger partial charge in [-0.05, 0) is 35.4 Å². The summed E-state index contributed by atoms with van der Waals surface area (Å²) in [6.45, 7) is 1.38. The molecule has 0 amide bonds. The topological polar surface area (TPSA) is 49.8 Å². The second-order valence-corrected chi connectivity index (χ2v) is 7.15. The lowest BCUT2D eigenvalue weighted by atomic mass is 10.2. The van der Waals surface area contributed by atoms with Crippen LogP contribution >= 0.6 is 15.9 Å². The standard InChI is InChI=1S/C22H19BrN4/c23-18-10-6-9-17(13-18)15-25-22-26-20-12-5-4-11-19(20)21(27-22)24-14-16-7-2-1-3-8-16/h1-13H,14-15H2,(H2,24,25,26,27). The number of fused-ring (bicyclic) bond motifs is 1. The molecular formula is C22H19BrN4. The van der Waals surface area contributed by atoms with E-state index in [1.165, 1.54) is 11.1 Å². The van der Waals surface area contributed by atoms with E-state index in [0.717, 1.165) is 21.2 Å². The van der Waals surface area contributed by atoms with Gasteiger partial charge in [-0.3, -0.25) is 0 Å². The minimum absolute atomic E-state index is 0.615. The summed E-state index contributed by atoms with van der Waals surface area (Å²) in [5, 5.41) is 7.80. The molecule has 0 fully saturated rings. The van der Waals surface area contributed by atoms with Crippen molar-refractivity contribution in [1.29, 1.82) is 0 Å². The molecular weight excluding hydrogens is 400 g/mol. The Balaban J connectivity index is 1.58. The quantitative estimate of drug-likeness (QED) is 0.426. The van der Waals surface area contributed by atoms with Gasteiger partial charge in [0, 0.05) is 22.9 Å². The van der Waals surface area contributed by atoms with E-state index in [2.05, 4.69) is 55.8 Å². The first-order chi connectivity index (χ1) is 13.3. The third kappa shape index (κ3) is 4.44. The summed E-state index contributed by atoms with van der Waals surface area (Å²) in [6, 6.07) is 26.6. The van der Waals surface area contributed by atoms with E-state index in [1.807, 2.05) is 54.6 Å². The van der Waals surface area contributed by atoms with Crippen LogP contribution in [-0.4, -0.2) is 9.97 Å². The Morgan fingerprint density at radius 3 is 2.30 bits per heavy atom. The lowest BCUT2D eigenvalue weighted by molar-refractivity contribution is 1.05. The summed E-state index contributed by atoms with van der Waals surface area (Å²) < 4.78 is 1.06. The molecule has 1 aromatic heterocycles. The van der Waals surface area contributed by atoms with E-state index < -0.39 is 0 Å². The summed E-state index contributed by atoms with van der Waals surface area (Å²) >= 11 is 3.51. The molecule has 134 valence electrons. The van der Waals surface area contributed by atoms with Gasteiger partial charge in [0.2, 0.25) is 5.95 Å². The fourth-order valence-electron chi connectivity index (χ4n) is 2.90. The maximum Gasteiger partial charge on any atom is 0.225 e. The highest BCUT2D eigenvalue weighted by molar-refractivity contribution is 9.10. The zero-order valence-corrected chi connectivity index (χ0v) is 16.3. The van der Waals surface area contributed by atoms with E-state index in [1.54, 1.807) is 0 Å². The van der Waals surface area contributed by atoms with E-state index in [9.17, 15) is 0 Å². The normalized spacial score (nSPS) is 10.7. The average molecular weight is 419 g/mol. The molecule has 0 aliphatic carbocycles. The molecule has 3 aromatic carbocycles. The molecule has 0 bridgehead atoms. The summed E-state index contributed by atoms with van der Waals surface area (Å²) in [5.41, 5.74) is 3.29. The molecule has 2 N–H and O–H groups in total. The van der Waals surface area contributed by atoms with Gasteiger partial charge in [0.25, 0.3) is 0 Å². The van der Waals surface area contributed by atoms with Gasteiger partial charge in [-0.25, -0.2) is 4.98 Å². The lowest BCUT2D eigenvalue weighted by Gasteiger charge is -2.12. The zero-order chi connectivity index (χ0) is 18.5. The van der Waals surface area contributed by atoms with E-state index in [0.29, 0.717) is 19.0 Å². The Morgan fingerprint density at radius 2 is 1.44 bits per heavy atom. The van der Waals surface area contributed by atoms with Crippen LogP contribution < -0.4 is 10.6 Å². The Labute approximate surface area is 166 Å². The molecule has 5 heteroatoms. The van der Waals surface area contributed by atoms with Gasteiger partial charge in [-0.15, -0.1) is 0 Å². The van der Waals surface area contributed by atoms with Gasteiger partial charge in [0.15, 0.2) is 0 Å². The Hall–Kier alpha value is -2.92. The lowest BCUT2D eigenvalue weighted by Crippen LogP contribution is -2.08. The minimum atomic E-state index is 0.615. The van der Waals surface area contributed by atoms with Gasteiger partial charge in [-0.1, -0.05) is 70.5 Å². The molecule has 0 aliphatic rings. The molecule has 0 atom stereocenters. The number of hydrogen-bond acceptors (Lipinski definition) is 4. The molecule has 4 aromatic rings. The van der Waals surface area contributed by atoms with Crippen molar-refractivity contribution >= 4 is 38.6 Å². The van der Waals surface area contributed by atoms with E-state index >= 15 is 0 Å². The third-order valence-corrected chi connectivity index (χ3v) is 4.74. The van der Waals surface area contributed by atoms with Crippen LogP contribution in [0.15, 0.2) is 83.3 Å². The molecule has 4 nitrogen and oxygen atoms in total. The maximum absolute atomic E-state index is 4.71. The molecule has 1 heterocycles. The van der Waals surface area contributed by atoms with Gasteiger partial charge in [0.1, 0.15) is 5.82 Å². The highest BCUT2D eigenvalue weighted by atomic mass is 79.9. The maximum atomic E-state index is 4.71. The van der Waals surface area contributed by atoms with E-state index in [4.69, 9.17) is 4.98 Å². The van der Waals surface area contributed by atoms with Crippen LogP contribution in [0.1, 0.15) is 11.1 Å². The second kappa shape index (κ2) is 8.18. The van der Waals surface area contributed by atoms with Gasteiger partial charge in [-0.2, -0.15) is 4.98 Å². The number of benzene rings is 3. The van der Waals surface area contributed by atoms with Crippen LogP contribution in [0.4, 0.5) is 11.8 Å². The van der Waals surface area contributed by atoms with Crippen molar-refractivity contribution in [3.63, 3.8) is 0 Å². The van der Waals surface area contributed by atoms with Crippen molar-refractivity contribution in [3.8, 4) is 0 Å². The van der Waals surface area contributed by atoms with Gasteiger partial charge in [0.05, 0.1) is 5.52 Å². The number of nitrogens with one attached hydrogen (secondary N) is 2. The third-order valence-electron chi connectivity index (χ3n) is 4.25. The molecule has 0 aliphatic heterocycles. The molecule has 0 saturated heterocycles. The zero-order valence-electron chi connectivity index (χ0n) is 14.7. The second-order valence-electron chi connectivity index (χ2n) is 6.24. The highest BCUT2D eigenvalue weighted by Gasteiger charge is 2.07. The number of para-hydroxylation sites is 1. The first-order valence-corrected chi connectivity index (χ1v) is 9.60. The predicted octanol–water partition coefficient (Wildman–Crippen LogP) is 5.62. The fraction of sp³-hybridized carbons (Fsp3) is 0.0909. The molecule has 4 rings (SSSR count). The van der Waals surface area contributed by atoms with Crippen molar-refractivity contribution < 1.29 is 0 Å². The van der Waals surface area contributed by atoms with Crippen LogP contribution in [0.25, 0.3) is 10.9 Å². The average Bonchev–Trinajstić information content (AvgIpc) is 2.71. The van der Waals surface area contributed by atoms with Crippen molar-refractivity contribution in [2.45, 2.75) is 13.1 Å². The van der Waals surface area contributed by atoms with Crippen molar-refractivity contribution in [2.75, 3.05) is 10.6 Å². The van der Waals surface area contributed by atoms with Crippen LogP contribution in [0.3, 0.4) is 0 Å².